The number of amides is 2. The average Bonchev–Trinajstić information content (AvgIpc) is 2.61. The predicted octanol–water partition coefficient (Wildman–Crippen LogP) is 2.99. The minimum atomic E-state index is -0.171. The van der Waals surface area contributed by atoms with E-state index in [-0.39, 0.29) is 18.4 Å². The van der Waals surface area contributed by atoms with Gasteiger partial charge in [-0.25, -0.2) is 0 Å². The van der Waals surface area contributed by atoms with Crippen molar-refractivity contribution >= 4 is 23.2 Å². The van der Waals surface area contributed by atoms with E-state index in [1.807, 2.05) is 49.4 Å². The number of benzene rings is 2. The fourth-order valence-corrected chi connectivity index (χ4v) is 2.61. The van der Waals surface area contributed by atoms with Gasteiger partial charge in [0, 0.05) is 6.42 Å². The highest BCUT2D eigenvalue weighted by atomic mass is 16.5. The molecule has 1 aliphatic rings. The van der Waals surface area contributed by atoms with Crippen LogP contribution in [0.25, 0.3) is 0 Å². The zero-order chi connectivity index (χ0) is 17.6. The number of aryl methyl sites for hydroxylation is 1. The molecule has 130 valence electrons. The molecule has 1 aliphatic heterocycles. The summed E-state index contributed by atoms with van der Waals surface area (Å²) in [5.41, 5.74) is 2.27. The van der Waals surface area contributed by atoms with Crippen LogP contribution < -0.4 is 20.1 Å². The minimum Gasteiger partial charge on any atom is -0.492 e. The van der Waals surface area contributed by atoms with Crippen LogP contribution in [-0.4, -0.2) is 25.0 Å². The van der Waals surface area contributed by atoms with Gasteiger partial charge < -0.3 is 20.1 Å². The number of rotatable bonds is 6. The van der Waals surface area contributed by atoms with Gasteiger partial charge in [0.05, 0.1) is 18.0 Å². The number of hydrogen-bond donors (Lipinski definition) is 2. The van der Waals surface area contributed by atoms with Crippen molar-refractivity contribution in [3.63, 3.8) is 0 Å². The third kappa shape index (κ3) is 4.29. The Morgan fingerprint density at radius 1 is 1.28 bits per heavy atom. The van der Waals surface area contributed by atoms with Crippen molar-refractivity contribution in [2.24, 2.45) is 0 Å². The Morgan fingerprint density at radius 2 is 2.12 bits per heavy atom. The molecule has 1 heterocycles. The van der Waals surface area contributed by atoms with Crippen LogP contribution >= 0.6 is 0 Å². The number of carbonyl (C=O) groups is 2. The van der Waals surface area contributed by atoms with E-state index in [0.717, 1.165) is 5.56 Å². The Labute approximate surface area is 146 Å². The van der Waals surface area contributed by atoms with Crippen molar-refractivity contribution in [2.75, 3.05) is 23.8 Å². The molecule has 0 aliphatic carbocycles. The molecule has 0 unspecified atom stereocenters. The number of hydrogen-bond acceptors (Lipinski definition) is 4. The van der Waals surface area contributed by atoms with Crippen molar-refractivity contribution in [3.8, 4) is 11.5 Å². The lowest BCUT2D eigenvalue weighted by Crippen LogP contribution is -2.25. The lowest BCUT2D eigenvalue weighted by atomic mass is 10.1. The van der Waals surface area contributed by atoms with Crippen LogP contribution in [0.5, 0.6) is 11.5 Å². The Morgan fingerprint density at radius 3 is 2.96 bits per heavy atom. The molecule has 6 heteroatoms. The summed E-state index contributed by atoms with van der Waals surface area (Å²) in [7, 11) is 0. The Kier molecular flexibility index (Phi) is 5.18. The first kappa shape index (κ1) is 16.8. The highest BCUT2D eigenvalue weighted by Crippen LogP contribution is 2.29. The molecule has 0 saturated carbocycles. The zero-order valence-electron chi connectivity index (χ0n) is 14.0. The molecule has 2 N–H and O–H groups in total. The SMILES string of the molecule is CCOc1ccccc1NC(=O)CCc1ccc2c(c1)NC(=O)CO2. The summed E-state index contributed by atoms with van der Waals surface area (Å²) in [6.07, 6.45) is 0.889. The van der Waals surface area contributed by atoms with Crippen molar-refractivity contribution in [1.29, 1.82) is 0 Å². The first-order valence-corrected chi connectivity index (χ1v) is 8.23. The highest BCUT2D eigenvalue weighted by molar-refractivity contribution is 5.95. The molecule has 0 fully saturated rings. The van der Waals surface area contributed by atoms with Crippen LogP contribution in [0.2, 0.25) is 0 Å². The molecule has 0 radical (unpaired) electrons. The fraction of sp³-hybridized carbons (Fsp3) is 0.263. The normalized spacial score (nSPS) is 12.6. The third-order valence-electron chi connectivity index (χ3n) is 3.78. The molecule has 0 spiro atoms. The van der Waals surface area contributed by atoms with Gasteiger partial charge in [0.15, 0.2) is 6.61 Å². The van der Waals surface area contributed by atoms with Crippen molar-refractivity contribution in [2.45, 2.75) is 19.8 Å². The molecule has 2 aromatic carbocycles. The number of nitrogens with one attached hydrogen (secondary N) is 2. The van der Waals surface area contributed by atoms with E-state index >= 15 is 0 Å². The second kappa shape index (κ2) is 7.70. The maximum atomic E-state index is 12.2. The second-order valence-corrected chi connectivity index (χ2v) is 5.64. The van der Waals surface area contributed by atoms with Gasteiger partial charge in [-0.3, -0.25) is 9.59 Å². The van der Waals surface area contributed by atoms with Gasteiger partial charge in [0.2, 0.25) is 5.91 Å². The standard InChI is InChI=1S/C19H20N2O4/c1-2-24-16-6-4-3-5-14(16)20-18(22)10-8-13-7-9-17-15(11-13)21-19(23)12-25-17/h3-7,9,11H,2,8,10,12H2,1H3,(H,20,22)(H,21,23). The monoisotopic (exact) mass is 340 g/mol. The van der Waals surface area contributed by atoms with E-state index in [4.69, 9.17) is 9.47 Å². The Balaban J connectivity index is 1.59. The molecular weight excluding hydrogens is 320 g/mol. The average molecular weight is 340 g/mol. The van der Waals surface area contributed by atoms with Crippen LogP contribution in [0, 0.1) is 0 Å². The van der Waals surface area contributed by atoms with Gasteiger partial charge in [-0.15, -0.1) is 0 Å². The van der Waals surface area contributed by atoms with Gasteiger partial charge in [0.1, 0.15) is 11.5 Å². The maximum Gasteiger partial charge on any atom is 0.262 e. The van der Waals surface area contributed by atoms with E-state index < -0.39 is 0 Å². The molecular formula is C19H20N2O4. The smallest absolute Gasteiger partial charge is 0.262 e. The van der Waals surface area contributed by atoms with Gasteiger partial charge in [-0.05, 0) is 43.2 Å². The number of ether oxygens (including phenoxy) is 2. The van der Waals surface area contributed by atoms with Crippen LogP contribution in [0.1, 0.15) is 18.9 Å². The summed E-state index contributed by atoms with van der Waals surface area (Å²) in [6, 6.07) is 12.9. The van der Waals surface area contributed by atoms with E-state index in [2.05, 4.69) is 10.6 Å². The largest absolute Gasteiger partial charge is 0.492 e. The quantitative estimate of drug-likeness (QED) is 0.847. The first-order valence-electron chi connectivity index (χ1n) is 8.23. The molecule has 2 amide bonds. The topological polar surface area (TPSA) is 76.7 Å². The summed E-state index contributed by atoms with van der Waals surface area (Å²) in [6.45, 7) is 2.47. The summed E-state index contributed by atoms with van der Waals surface area (Å²) >= 11 is 0. The summed E-state index contributed by atoms with van der Waals surface area (Å²) in [5, 5.41) is 5.64. The number of anilines is 2. The summed E-state index contributed by atoms with van der Waals surface area (Å²) < 4.78 is 10.8. The zero-order valence-corrected chi connectivity index (χ0v) is 14.0. The number of fused-ring (bicyclic) bond motifs is 1. The molecule has 0 bridgehead atoms. The van der Waals surface area contributed by atoms with Gasteiger partial charge >= 0.3 is 0 Å². The molecule has 6 nitrogen and oxygen atoms in total. The molecule has 0 saturated heterocycles. The van der Waals surface area contributed by atoms with Crippen LogP contribution in [0.4, 0.5) is 11.4 Å². The minimum absolute atomic E-state index is 0.0357. The maximum absolute atomic E-state index is 12.2. The summed E-state index contributed by atoms with van der Waals surface area (Å²) in [5.74, 6) is 1.05. The summed E-state index contributed by atoms with van der Waals surface area (Å²) in [4.78, 5) is 23.6. The lowest BCUT2D eigenvalue weighted by molar-refractivity contribution is -0.118. The van der Waals surface area contributed by atoms with Crippen molar-refractivity contribution in [3.05, 3.63) is 48.0 Å². The predicted molar refractivity (Wildman–Crippen MR) is 95.1 cm³/mol. The Bertz CT molecular complexity index is 789. The van der Waals surface area contributed by atoms with Gasteiger partial charge in [0.25, 0.3) is 5.91 Å². The van der Waals surface area contributed by atoms with Crippen LogP contribution in [0.15, 0.2) is 42.5 Å². The van der Waals surface area contributed by atoms with Gasteiger partial charge in [-0.2, -0.15) is 0 Å². The number of carbonyl (C=O) groups excluding carboxylic acids is 2. The van der Waals surface area contributed by atoms with Crippen LogP contribution in [0.3, 0.4) is 0 Å². The van der Waals surface area contributed by atoms with E-state index in [1.54, 1.807) is 0 Å². The van der Waals surface area contributed by atoms with E-state index in [0.29, 0.717) is 42.3 Å². The lowest BCUT2D eigenvalue weighted by Gasteiger charge is -2.18. The molecule has 0 aromatic heterocycles. The van der Waals surface area contributed by atoms with Crippen molar-refractivity contribution in [1.82, 2.24) is 0 Å². The fourth-order valence-electron chi connectivity index (χ4n) is 2.61. The molecule has 25 heavy (non-hydrogen) atoms. The molecule has 0 atom stereocenters. The third-order valence-corrected chi connectivity index (χ3v) is 3.78. The Hall–Kier alpha value is -3.02. The van der Waals surface area contributed by atoms with Gasteiger partial charge in [-0.1, -0.05) is 18.2 Å². The molecule has 2 aromatic rings. The highest BCUT2D eigenvalue weighted by Gasteiger charge is 2.16. The molecule has 3 rings (SSSR count). The van der Waals surface area contributed by atoms with E-state index in [9.17, 15) is 9.59 Å². The first-order chi connectivity index (χ1) is 12.2. The van der Waals surface area contributed by atoms with Crippen molar-refractivity contribution < 1.29 is 19.1 Å². The van der Waals surface area contributed by atoms with E-state index in [1.165, 1.54) is 0 Å². The second-order valence-electron chi connectivity index (χ2n) is 5.64. The number of para-hydroxylation sites is 2. The van der Waals surface area contributed by atoms with Crippen LogP contribution in [-0.2, 0) is 16.0 Å².